The number of hydrogen-bond acceptors (Lipinski definition) is 9. The molecule has 2 aliphatic rings. The standard InChI is InChI=1S/C16H24N2O9/c1-6-4-18(16(24)17-14(6)23)10-3-8(19)9(27-10)5-25-15-13(22)12(21)11(20)7(2)26-15/h4,7-13,15,19-22H,3,5H2,1-2H3,(H,17,23,24)/t7-,8-,9+,10+,11-,12+,13+,15+/m0/s1. The number of ether oxygens (including phenoxy) is 3. The average molecular weight is 388 g/mol. The number of aliphatic hydroxyl groups excluding tert-OH is 4. The smallest absolute Gasteiger partial charge is 0.330 e. The molecule has 0 bridgehead atoms. The Bertz CT molecular complexity index is 778. The number of nitrogens with one attached hydrogen (secondary N) is 1. The normalized spacial score (nSPS) is 39.6. The van der Waals surface area contributed by atoms with Gasteiger partial charge >= 0.3 is 5.69 Å². The van der Waals surface area contributed by atoms with Gasteiger partial charge in [0.15, 0.2) is 6.29 Å². The van der Waals surface area contributed by atoms with Crippen molar-refractivity contribution in [2.24, 2.45) is 0 Å². The predicted octanol–water partition coefficient (Wildman–Crippen LogP) is -2.66. The molecule has 0 aromatic carbocycles. The molecule has 0 spiro atoms. The predicted molar refractivity (Wildman–Crippen MR) is 88.9 cm³/mol. The summed E-state index contributed by atoms with van der Waals surface area (Å²) in [6.45, 7) is 2.90. The Morgan fingerprint density at radius 1 is 1.19 bits per heavy atom. The lowest BCUT2D eigenvalue weighted by atomic mass is 10.00. The summed E-state index contributed by atoms with van der Waals surface area (Å²) >= 11 is 0. The highest BCUT2D eigenvalue weighted by atomic mass is 16.7. The lowest BCUT2D eigenvalue weighted by molar-refractivity contribution is -0.298. The van der Waals surface area contributed by atoms with Crippen LogP contribution in [0.15, 0.2) is 15.8 Å². The number of hydrogen-bond donors (Lipinski definition) is 5. The van der Waals surface area contributed by atoms with Gasteiger partial charge in [0.25, 0.3) is 5.56 Å². The van der Waals surface area contributed by atoms with Crippen molar-refractivity contribution in [1.82, 2.24) is 9.55 Å². The Hall–Kier alpha value is -1.60. The van der Waals surface area contributed by atoms with Crippen LogP contribution in [0.5, 0.6) is 0 Å². The Morgan fingerprint density at radius 2 is 1.89 bits per heavy atom. The lowest BCUT2D eigenvalue weighted by Gasteiger charge is -2.39. The highest BCUT2D eigenvalue weighted by Gasteiger charge is 2.43. The molecule has 8 atom stereocenters. The minimum atomic E-state index is -1.46. The number of nitrogens with zero attached hydrogens (tertiary/aromatic N) is 1. The Kier molecular flexibility index (Phi) is 5.82. The Balaban J connectivity index is 1.63. The van der Waals surface area contributed by atoms with Crippen molar-refractivity contribution in [3.63, 3.8) is 0 Å². The van der Waals surface area contributed by atoms with Gasteiger partial charge in [0.2, 0.25) is 0 Å². The number of rotatable bonds is 4. The second-order valence-corrected chi connectivity index (χ2v) is 6.93. The molecule has 0 saturated carbocycles. The molecular weight excluding hydrogens is 364 g/mol. The van der Waals surface area contributed by atoms with Crippen LogP contribution in [0.3, 0.4) is 0 Å². The van der Waals surface area contributed by atoms with E-state index in [1.165, 1.54) is 17.7 Å². The zero-order chi connectivity index (χ0) is 19.9. The minimum Gasteiger partial charge on any atom is -0.390 e. The van der Waals surface area contributed by atoms with Gasteiger partial charge in [-0.15, -0.1) is 0 Å². The van der Waals surface area contributed by atoms with Gasteiger partial charge < -0.3 is 34.6 Å². The van der Waals surface area contributed by atoms with Gasteiger partial charge in [-0.3, -0.25) is 14.3 Å². The number of aryl methyl sites for hydroxylation is 1. The summed E-state index contributed by atoms with van der Waals surface area (Å²) in [5.41, 5.74) is -0.818. The van der Waals surface area contributed by atoms with E-state index in [9.17, 15) is 30.0 Å². The van der Waals surface area contributed by atoms with Crippen molar-refractivity contribution in [3.8, 4) is 0 Å². The summed E-state index contributed by atoms with van der Waals surface area (Å²) in [6, 6.07) is 0. The number of aromatic amines is 1. The molecule has 11 heteroatoms. The number of H-pyrrole nitrogens is 1. The molecule has 2 aliphatic heterocycles. The van der Waals surface area contributed by atoms with Gasteiger partial charge in [-0.05, 0) is 13.8 Å². The van der Waals surface area contributed by atoms with Crippen molar-refractivity contribution in [1.29, 1.82) is 0 Å². The summed E-state index contributed by atoms with van der Waals surface area (Å²) in [7, 11) is 0. The van der Waals surface area contributed by atoms with Crippen LogP contribution in [0, 0.1) is 6.92 Å². The van der Waals surface area contributed by atoms with Gasteiger partial charge in [0.1, 0.15) is 30.6 Å². The molecule has 2 saturated heterocycles. The first-order valence-electron chi connectivity index (χ1n) is 8.66. The summed E-state index contributed by atoms with van der Waals surface area (Å²) in [4.78, 5) is 25.6. The van der Waals surface area contributed by atoms with Gasteiger partial charge in [-0.25, -0.2) is 4.79 Å². The summed E-state index contributed by atoms with van der Waals surface area (Å²) in [6.07, 6.45) is -7.19. The zero-order valence-corrected chi connectivity index (χ0v) is 14.9. The maximum Gasteiger partial charge on any atom is 0.330 e. The third-order valence-corrected chi connectivity index (χ3v) is 4.89. The maximum atomic E-state index is 12.0. The van der Waals surface area contributed by atoms with Gasteiger partial charge in [-0.1, -0.05) is 0 Å². The fourth-order valence-electron chi connectivity index (χ4n) is 3.18. The topological polar surface area (TPSA) is 163 Å². The highest BCUT2D eigenvalue weighted by Crippen LogP contribution is 2.29. The van der Waals surface area contributed by atoms with Gasteiger partial charge in [0.05, 0.1) is 18.8 Å². The second kappa shape index (κ2) is 7.80. The van der Waals surface area contributed by atoms with E-state index in [0.29, 0.717) is 5.56 Å². The zero-order valence-electron chi connectivity index (χ0n) is 14.9. The average Bonchev–Trinajstić information content (AvgIpc) is 2.98. The van der Waals surface area contributed by atoms with E-state index < -0.39 is 60.4 Å². The quantitative estimate of drug-likeness (QED) is 0.370. The van der Waals surface area contributed by atoms with Crippen molar-refractivity contribution >= 4 is 0 Å². The molecule has 3 rings (SSSR count). The van der Waals surface area contributed by atoms with Crippen molar-refractivity contribution < 1.29 is 34.6 Å². The van der Waals surface area contributed by atoms with E-state index in [1.54, 1.807) is 6.92 Å². The summed E-state index contributed by atoms with van der Waals surface area (Å²) < 4.78 is 17.6. The molecule has 0 amide bonds. The third-order valence-electron chi connectivity index (χ3n) is 4.89. The molecule has 1 aromatic rings. The molecule has 3 heterocycles. The molecule has 11 nitrogen and oxygen atoms in total. The van der Waals surface area contributed by atoms with Crippen LogP contribution in [0.1, 0.15) is 25.1 Å². The summed E-state index contributed by atoms with van der Waals surface area (Å²) in [5.74, 6) is 0. The van der Waals surface area contributed by atoms with Crippen LogP contribution in [0.2, 0.25) is 0 Å². The Labute approximate surface area is 153 Å². The van der Waals surface area contributed by atoms with E-state index in [2.05, 4.69) is 4.98 Å². The van der Waals surface area contributed by atoms with E-state index in [-0.39, 0.29) is 13.0 Å². The molecule has 152 valence electrons. The van der Waals surface area contributed by atoms with Crippen LogP contribution in [-0.2, 0) is 14.2 Å². The monoisotopic (exact) mass is 388 g/mol. The van der Waals surface area contributed by atoms with Crippen LogP contribution in [0.4, 0.5) is 0 Å². The van der Waals surface area contributed by atoms with Gasteiger partial charge in [0, 0.05) is 18.2 Å². The highest BCUT2D eigenvalue weighted by molar-refractivity contribution is 5.02. The molecular formula is C16H24N2O9. The first kappa shape index (κ1) is 20.1. The molecule has 5 N–H and O–H groups in total. The van der Waals surface area contributed by atoms with Crippen LogP contribution in [-0.4, -0.2) is 79.5 Å². The van der Waals surface area contributed by atoms with E-state index in [4.69, 9.17) is 14.2 Å². The second-order valence-electron chi connectivity index (χ2n) is 6.93. The molecule has 0 radical (unpaired) electrons. The fraction of sp³-hybridized carbons (Fsp3) is 0.750. The van der Waals surface area contributed by atoms with E-state index in [0.717, 1.165) is 0 Å². The largest absolute Gasteiger partial charge is 0.390 e. The third kappa shape index (κ3) is 3.99. The fourth-order valence-corrected chi connectivity index (χ4v) is 3.18. The van der Waals surface area contributed by atoms with Gasteiger partial charge in [-0.2, -0.15) is 0 Å². The van der Waals surface area contributed by atoms with Crippen molar-refractivity contribution in [2.75, 3.05) is 6.61 Å². The van der Waals surface area contributed by atoms with Crippen molar-refractivity contribution in [2.45, 2.75) is 69.4 Å². The van der Waals surface area contributed by atoms with Crippen LogP contribution in [0.25, 0.3) is 0 Å². The number of aromatic nitrogens is 2. The first-order chi connectivity index (χ1) is 12.7. The molecule has 27 heavy (non-hydrogen) atoms. The van der Waals surface area contributed by atoms with Crippen LogP contribution < -0.4 is 11.2 Å². The molecule has 0 unspecified atom stereocenters. The van der Waals surface area contributed by atoms with E-state index >= 15 is 0 Å². The lowest BCUT2D eigenvalue weighted by Crippen LogP contribution is -2.57. The SMILES string of the molecule is Cc1cn([C@H]2C[C@H](O)[C@@H](CO[C@@H]3O[C@@H](C)[C@H](O)[C@@H](O)[C@H]3O)O2)c(=O)[nH]c1=O. The molecule has 0 aliphatic carbocycles. The number of aliphatic hydroxyl groups is 4. The maximum absolute atomic E-state index is 12.0. The van der Waals surface area contributed by atoms with Crippen LogP contribution >= 0.6 is 0 Å². The first-order valence-corrected chi connectivity index (χ1v) is 8.66. The minimum absolute atomic E-state index is 0.102. The summed E-state index contributed by atoms with van der Waals surface area (Å²) in [5, 5.41) is 39.6. The van der Waals surface area contributed by atoms with Crippen molar-refractivity contribution in [3.05, 3.63) is 32.6 Å². The Morgan fingerprint density at radius 3 is 2.59 bits per heavy atom. The molecule has 1 aromatic heterocycles. The van der Waals surface area contributed by atoms with E-state index in [1.807, 2.05) is 0 Å². The molecule has 2 fully saturated rings.